The van der Waals surface area contributed by atoms with Crippen molar-refractivity contribution in [3.63, 3.8) is 0 Å². The Labute approximate surface area is 182 Å². The highest BCUT2D eigenvalue weighted by atomic mass is 127. The third-order valence-electron chi connectivity index (χ3n) is 4.39. The number of aliphatic imine (C=N–C) groups is 1. The van der Waals surface area contributed by atoms with Crippen LogP contribution >= 0.6 is 35.6 Å². The van der Waals surface area contributed by atoms with Crippen molar-refractivity contribution in [1.29, 1.82) is 0 Å². The van der Waals surface area contributed by atoms with Gasteiger partial charge >= 0.3 is 0 Å². The van der Waals surface area contributed by atoms with Crippen LogP contribution in [0.4, 0.5) is 5.82 Å². The van der Waals surface area contributed by atoms with Gasteiger partial charge in [-0.15, -0.1) is 24.0 Å². The van der Waals surface area contributed by atoms with Gasteiger partial charge in [0.05, 0.1) is 17.3 Å². The monoisotopic (exact) mass is 504 g/mol. The van der Waals surface area contributed by atoms with E-state index in [2.05, 4.69) is 44.5 Å². The minimum atomic E-state index is 0. The molecule has 148 valence electrons. The molecule has 0 aliphatic carbocycles. The van der Waals surface area contributed by atoms with Gasteiger partial charge in [0.25, 0.3) is 0 Å². The first-order chi connectivity index (χ1) is 12.6. The number of aromatic nitrogens is 2. The number of hydrogen-bond donors (Lipinski definition) is 2. The fourth-order valence-electron chi connectivity index (χ4n) is 2.92. The van der Waals surface area contributed by atoms with E-state index in [1.807, 2.05) is 18.2 Å². The Hall–Kier alpha value is -1.55. The third-order valence-corrected chi connectivity index (χ3v) is 4.69. The third kappa shape index (κ3) is 5.71. The predicted molar refractivity (Wildman–Crippen MR) is 119 cm³/mol. The molecule has 0 saturated carbocycles. The molecule has 1 aliphatic rings. The molecule has 1 saturated heterocycles. The maximum Gasteiger partial charge on any atom is 0.191 e. The Kier molecular flexibility index (Phi) is 8.15. The lowest BCUT2D eigenvalue weighted by Gasteiger charge is -2.20. The van der Waals surface area contributed by atoms with Crippen LogP contribution in [0.15, 0.2) is 33.9 Å². The molecule has 2 aromatic rings. The van der Waals surface area contributed by atoms with Crippen LogP contribution in [0.5, 0.6) is 0 Å². The quantitative estimate of drug-likeness (QED) is 0.369. The number of hydrogen-bond acceptors (Lipinski definition) is 5. The molecule has 1 unspecified atom stereocenters. The predicted octanol–water partition coefficient (Wildman–Crippen LogP) is 3.41. The average molecular weight is 505 g/mol. The standard InChI is InChI=1S/C18H25ClN6O.HI/c1-12(2)16-9-14(26-24-16)10-22-18(20-3)23-13-6-8-25(11-13)17-15(19)5-4-7-21-17;/h4-5,7,9,12-13H,6,8,10-11H2,1-3H3,(H2,20,22,23);1H. The van der Waals surface area contributed by atoms with Gasteiger partial charge in [0, 0.05) is 38.4 Å². The van der Waals surface area contributed by atoms with Gasteiger partial charge in [0.15, 0.2) is 11.7 Å². The van der Waals surface area contributed by atoms with E-state index in [4.69, 9.17) is 16.1 Å². The minimum absolute atomic E-state index is 0. The second kappa shape index (κ2) is 10.1. The second-order valence-electron chi connectivity index (χ2n) is 6.68. The lowest BCUT2D eigenvalue weighted by molar-refractivity contribution is 0.371. The van der Waals surface area contributed by atoms with Gasteiger partial charge in [-0.2, -0.15) is 0 Å². The van der Waals surface area contributed by atoms with Gasteiger partial charge in [0.2, 0.25) is 0 Å². The van der Waals surface area contributed by atoms with Crippen LogP contribution in [0.3, 0.4) is 0 Å². The molecular weight excluding hydrogens is 479 g/mol. The van der Waals surface area contributed by atoms with Crippen LogP contribution in [-0.2, 0) is 6.54 Å². The lowest BCUT2D eigenvalue weighted by atomic mass is 10.1. The summed E-state index contributed by atoms with van der Waals surface area (Å²) in [7, 11) is 1.76. The van der Waals surface area contributed by atoms with E-state index in [0.29, 0.717) is 17.5 Å². The first kappa shape index (κ1) is 21.7. The van der Waals surface area contributed by atoms with E-state index in [9.17, 15) is 0 Å². The lowest BCUT2D eigenvalue weighted by Crippen LogP contribution is -2.44. The van der Waals surface area contributed by atoms with Crippen molar-refractivity contribution < 1.29 is 4.52 Å². The molecule has 9 heteroatoms. The van der Waals surface area contributed by atoms with E-state index in [1.165, 1.54) is 0 Å². The fourth-order valence-corrected chi connectivity index (χ4v) is 3.16. The van der Waals surface area contributed by atoms with Gasteiger partial charge in [0.1, 0.15) is 5.82 Å². The van der Waals surface area contributed by atoms with Crippen molar-refractivity contribution in [3.05, 3.63) is 40.9 Å². The SMILES string of the molecule is CN=C(NCc1cc(C(C)C)no1)NC1CCN(c2ncccc2Cl)C1.I. The molecule has 3 heterocycles. The largest absolute Gasteiger partial charge is 0.359 e. The molecule has 1 fully saturated rings. The number of nitrogens with one attached hydrogen (secondary N) is 2. The first-order valence-electron chi connectivity index (χ1n) is 8.85. The molecule has 0 aromatic carbocycles. The van der Waals surface area contributed by atoms with Gasteiger partial charge in [-0.3, -0.25) is 4.99 Å². The Balaban J connectivity index is 0.00000261. The van der Waals surface area contributed by atoms with Gasteiger partial charge in [-0.05, 0) is 24.5 Å². The molecule has 2 aromatic heterocycles. The summed E-state index contributed by atoms with van der Waals surface area (Å²) in [4.78, 5) is 10.9. The van der Waals surface area contributed by atoms with E-state index >= 15 is 0 Å². The normalized spacial score (nSPS) is 17.1. The average Bonchev–Trinajstić information content (AvgIpc) is 3.28. The smallest absolute Gasteiger partial charge is 0.191 e. The van der Waals surface area contributed by atoms with Crippen molar-refractivity contribution in [2.45, 2.75) is 38.8 Å². The Morgan fingerprint density at radius 3 is 2.96 bits per heavy atom. The summed E-state index contributed by atoms with van der Waals surface area (Å²) in [5, 5.41) is 11.5. The highest BCUT2D eigenvalue weighted by molar-refractivity contribution is 14.0. The summed E-state index contributed by atoms with van der Waals surface area (Å²) < 4.78 is 5.35. The van der Waals surface area contributed by atoms with Gasteiger partial charge in [-0.25, -0.2) is 4.98 Å². The maximum atomic E-state index is 6.25. The molecular formula is C18H26ClIN6O. The first-order valence-corrected chi connectivity index (χ1v) is 9.22. The van der Waals surface area contributed by atoms with Crippen molar-refractivity contribution >= 4 is 47.4 Å². The minimum Gasteiger partial charge on any atom is -0.359 e. The van der Waals surface area contributed by atoms with Crippen molar-refractivity contribution in [3.8, 4) is 0 Å². The molecule has 27 heavy (non-hydrogen) atoms. The molecule has 3 rings (SSSR count). The topological polar surface area (TPSA) is 78.6 Å². The summed E-state index contributed by atoms with van der Waals surface area (Å²) in [5.74, 6) is 2.73. The van der Waals surface area contributed by atoms with Crippen LogP contribution in [0, 0.1) is 0 Å². The van der Waals surface area contributed by atoms with Crippen LogP contribution in [0.1, 0.15) is 37.6 Å². The Bertz CT molecular complexity index is 766. The summed E-state index contributed by atoms with van der Waals surface area (Å²) in [6.45, 7) is 6.47. The highest BCUT2D eigenvalue weighted by Crippen LogP contribution is 2.25. The van der Waals surface area contributed by atoms with Crippen molar-refractivity contribution in [2.24, 2.45) is 4.99 Å². The zero-order chi connectivity index (χ0) is 18.5. The summed E-state index contributed by atoms with van der Waals surface area (Å²) in [5.41, 5.74) is 0.962. The Morgan fingerprint density at radius 1 is 1.48 bits per heavy atom. The number of halogens is 2. The van der Waals surface area contributed by atoms with Gasteiger partial charge < -0.3 is 20.1 Å². The summed E-state index contributed by atoms with van der Waals surface area (Å²) in [6.07, 6.45) is 2.76. The number of nitrogens with zero attached hydrogens (tertiary/aromatic N) is 4. The number of anilines is 1. The Morgan fingerprint density at radius 2 is 2.30 bits per heavy atom. The molecule has 0 radical (unpaired) electrons. The zero-order valence-corrected chi connectivity index (χ0v) is 18.9. The molecule has 0 bridgehead atoms. The van der Waals surface area contributed by atoms with E-state index in [0.717, 1.165) is 42.7 Å². The van der Waals surface area contributed by atoms with E-state index < -0.39 is 0 Å². The second-order valence-corrected chi connectivity index (χ2v) is 7.09. The van der Waals surface area contributed by atoms with Crippen LogP contribution < -0.4 is 15.5 Å². The van der Waals surface area contributed by atoms with E-state index in [-0.39, 0.29) is 30.0 Å². The molecule has 1 aliphatic heterocycles. The van der Waals surface area contributed by atoms with Crippen LogP contribution in [0.25, 0.3) is 0 Å². The zero-order valence-electron chi connectivity index (χ0n) is 15.8. The number of rotatable bonds is 5. The molecule has 0 spiro atoms. The molecule has 7 nitrogen and oxygen atoms in total. The maximum absolute atomic E-state index is 6.25. The number of pyridine rings is 1. The molecule has 2 N–H and O–H groups in total. The van der Waals surface area contributed by atoms with Gasteiger partial charge in [-0.1, -0.05) is 30.6 Å². The fraction of sp³-hybridized carbons (Fsp3) is 0.500. The molecule has 1 atom stereocenters. The highest BCUT2D eigenvalue weighted by Gasteiger charge is 2.25. The van der Waals surface area contributed by atoms with Crippen molar-refractivity contribution in [2.75, 3.05) is 25.0 Å². The van der Waals surface area contributed by atoms with Crippen LogP contribution in [-0.4, -0.2) is 42.3 Å². The van der Waals surface area contributed by atoms with Crippen LogP contribution in [0.2, 0.25) is 5.02 Å². The molecule has 0 amide bonds. The van der Waals surface area contributed by atoms with E-state index in [1.54, 1.807) is 13.2 Å². The number of guanidine groups is 1. The van der Waals surface area contributed by atoms with Crippen molar-refractivity contribution in [1.82, 2.24) is 20.8 Å². The summed E-state index contributed by atoms with van der Waals surface area (Å²) in [6, 6.07) is 5.97. The summed E-state index contributed by atoms with van der Waals surface area (Å²) >= 11 is 6.25.